The summed E-state index contributed by atoms with van der Waals surface area (Å²) in [7, 11) is 2.08. The lowest BCUT2D eigenvalue weighted by Gasteiger charge is -2.17. The Bertz CT molecular complexity index is 514. The van der Waals surface area contributed by atoms with E-state index in [9.17, 15) is 0 Å². The van der Waals surface area contributed by atoms with Crippen molar-refractivity contribution in [2.75, 3.05) is 12.5 Å². The van der Waals surface area contributed by atoms with Crippen molar-refractivity contribution in [1.29, 1.82) is 0 Å². The molecule has 2 aromatic heterocycles. The van der Waals surface area contributed by atoms with Gasteiger partial charge in [-0.2, -0.15) is 0 Å². The molecule has 2 aromatic rings. The van der Waals surface area contributed by atoms with E-state index >= 15 is 0 Å². The summed E-state index contributed by atoms with van der Waals surface area (Å²) >= 11 is 5.18. The molecule has 18 heavy (non-hydrogen) atoms. The van der Waals surface area contributed by atoms with Crippen molar-refractivity contribution in [1.82, 2.24) is 9.88 Å². The number of rotatable bonds is 5. The summed E-state index contributed by atoms with van der Waals surface area (Å²) in [6, 6.07) is 6.10. The zero-order valence-corrected chi connectivity index (χ0v) is 12.5. The lowest BCUT2D eigenvalue weighted by molar-refractivity contribution is 0.319. The van der Waals surface area contributed by atoms with Crippen LogP contribution in [0.1, 0.15) is 11.1 Å². The van der Waals surface area contributed by atoms with Gasteiger partial charge in [-0.25, -0.2) is 10.8 Å². The number of nitrogens with one attached hydrogen (secondary N) is 1. The van der Waals surface area contributed by atoms with Crippen molar-refractivity contribution >= 4 is 33.1 Å². The van der Waals surface area contributed by atoms with Gasteiger partial charge in [-0.15, -0.1) is 11.3 Å². The molecule has 6 heteroatoms. The molecular formula is C12H15BrN4S. The van der Waals surface area contributed by atoms with Crippen molar-refractivity contribution in [2.24, 2.45) is 5.84 Å². The average molecular weight is 327 g/mol. The molecule has 3 N–H and O–H groups in total. The second-order valence-corrected chi connectivity index (χ2v) is 6.38. The summed E-state index contributed by atoms with van der Waals surface area (Å²) in [5.41, 5.74) is 5.03. The van der Waals surface area contributed by atoms with E-state index in [1.807, 2.05) is 12.1 Å². The Balaban J connectivity index is 2.00. The van der Waals surface area contributed by atoms with Gasteiger partial charge in [0.15, 0.2) is 0 Å². The predicted molar refractivity (Wildman–Crippen MR) is 79.2 cm³/mol. The van der Waals surface area contributed by atoms with Crippen molar-refractivity contribution < 1.29 is 0 Å². The maximum absolute atomic E-state index is 5.45. The van der Waals surface area contributed by atoms with Gasteiger partial charge in [0, 0.05) is 24.8 Å². The molecule has 0 saturated heterocycles. The quantitative estimate of drug-likeness (QED) is 0.655. The van der Waals surface area contributed by atoms with Crippen LogP contribution in [0.2, 0.25) is 0 Å². The van der Waals surface area contributed by atoms with E-state index in [0.29, 0.717) is 0 Å². The SMILES string of the molecule is CN(Cc1csc(Br)c1)Cc1cccnc1NN. The molecule has 0 unspecified atom stereocenters. The predicted octanol–water partition coefficient (Wildman–Crippen LogP) is 2.82. The summed E-state index contributed by atoms with van der Waals surface area (Å²) in [6.45, 7) is 1.71. The first-order valence-corrected chi connectivity index (χ1v) is 7.18. The van der Waals surface area contributed by atoms with Crippen LogP contribution in [-0.2, 0) is 13.1 Å². The van der Waals surface area contributed by atoms with Crippen LogP contribution < -0.4 is 11.3 Å². The number of nitrogen functional groups attached to an aromatic ring is 1. The number of anilines is 1. The van der Waals surface area contributed by atoms with Gasteiger partial charge in [0.1, 0.15) is 5.82 Å². The fourth-order valence-corrected chi connectivity index (χ4v) is 2.98. The van der Waals surface area contributed by atoms with Gasteiger partial charge in [0.05, 0.1) is 3.79 Å². The number of thiophene rings is 1. The van der Waals surface area contributed by atoms with Crippen LogP contribution in [0.3, 0.4) is 0 Å². The summed E-state index contributed by atoms with van der Waals surface area (Å²) in [5.74, 6) is 6.18. The van der Waals surface area contributed by atoms with Crippen molar-refractivity contribution in [3.63, 3.8) is 0 Å². The van der Waals surface area contributed by atoms with E-state index in [2.05, 4.69) is 49.7 Å². The molecular weight excluding hydrogens is 312 g/mol. The summed E-state index contributed by atoms with van der Waals surface area (Å²) in [5, 5.41) is 2.16. The van der Waals surface area contributed by atoms with E-state index in [4.69, 9.17) is 5.84 Å². The van der Waals surface area contributed by atoms with Gasteiger partial charge in [0.25, 0.3) is 0 Å². The number of hydrazine groups is 1. The van der Waals surface area contributed by atoms with Gasteiger partial charge >= 0.3 is 0 Å². The van der Waals surface area contributed by atoms with Gasteiger partial charge < -0.3 is 5.43 Å². The number of aromatic nitrogens is 1. The van der Waals surface area contributed by atoms with Crippen LogP contribution in [0.4, 0.5) is 5.82 Å². The van der Waals surface area contributed by atoms with Crippen LogP contribution in [0, 0.1) is 0 Å². The molecule has 0 fully saturated rings. The minimum absolute atomic E-state index is 0.732. The number of nitrogens with two attached hydrogens (primary N) is 1. The molecule has 0 aliphatic rings. The third-order valence-electron chi connectivity index (χ3n) is 2.54. The topological polar surface area (TPSA) is 54.2 Å². The zero-order valence-electron chi connectivity index (χ0n) is 10.1. The van der Waals surface area contributed by atoms with E-state index in [-0.39, 0.29) is 0 Å². The lowest BCUT2D eigenvalue weighted by atomic mass is 10.2. The Morgan fingerprint density at radius 2 is 2.33 bits per heavy atom. The van der Waals surface area contributed by atoms with Crippen LogP contribution in [0.5, 0.6) is 0 Å². The van der Waals surface area contributed by atoms with Gasteiger partial charge in [-0.1, -0.05) is 6.07 Å². The number of hydrogen-bond donors (Lipinski definition) is 2. The van der Waals surface area contributed by atoms with E-state index < -0.39 is 0 Å². The molecule has 0 saturated carbocycles. The molecule has 0 aliphatic carbocycles. The minimum Gasteiger partial charge on any atom is -0.308 e. The highest BCUT2D eigenvalue weighted by molar-refractivity contribution is 9.11. The summed E-state index contributed by atoms with van der Waals surface area (Å²) < 4.78 is 1.16. The zero-order chi connectivity index (χ0) is 13.0. The van der Waals surface area contributed by atoms with Crippen molar-refractivity contribution in [3.05, 3.63) is 44.7 Å². The third-order valence-corrected chi connectivity index (χ3v) is 4.10. The molecule has 0 atom stereocenters. The Hall–Kier alpha value is -0.950. The van der Waals surface area contributed by atoms with E-state index in [0.717, 1.165) is 28.3 Å². The highest BCUT2D eigenvalue weighted by atomic mass is 79.9. The summed E-state index contributed by atoms with van der Waals surface area (Å²) in [4.78, 5) is 6.42. The largest absolute Gasteiger partial charge is 0.308 e. The van der Waals surface area contributed by atoms with E-state index in [1.165, 1.54) is 5.56 Å². The normalized spacial score (nSPS) is 10.9. The average Bonchev–Trinajstić information content (AvgIpc) is 2.75. The molecule has 4 nitrogen and oxygen atoms in total. The second-order valence-electron chi connectivity index (χ2n) is 4.09. The number of hydrogen-bond acceptors (Lipinski definition) is 5. The fourth-order valence-electron chi connectivity index (χ4n) is 1.78. The van der Waals surface area contributed by atoms with Crippen LogP contribution in [-0.4, -0.2) is 16.9 Å². The monoisotopic (exact) mass is 326 g/mol. The fraction of sp³-hybridized carbons (Fsp3) is 0.250. The molecule has 0 aromatic carbocycles. The number of halogens is 1. The Labute approximate surface area is 119 Å². The highest BCUT2D eigenvalue weighted by Crippen LogP contribution is 2.22. The number of pyridine rings is 1. The molecule has 0 aliphatic heterocycles. The molecule has 0 amide bonds. The van der Waals surface area contributed by atoms with Crippen molar-refractivity contribution in [3.8, 4) is 0 Å². The molecule has 0 spiro atoms. The highest BCUT2D eigenvalue weighted by Gasteiger charge is 2.07. The smallest absolute Gasteiger partial charge is 0.144 e. The summed E-state index contributed by atoms with van der Waals surface area (Å²) in [6.07, 6.45) is 1.73. The lowest BCUT2D eigenvalue weighted by Crippen LogP contribution is -2.19. The van der Waals surface area contributed by atoms with Crippen LogP contribution in [0.25, 0.3) is 0 Å². The third kappa shape index (κ3) is 3.52. The molecule has 0 radical (unpaired) electrons. The maximum atomic E-state index is 5.45. The van der Waals surface area contributed by atoms with Gasteiger partial charge in [-0.05, 0) is 46.1 Å². The Morgan fingerprint density at radius 3 is 3.00 bits per heavy atom. The van der Waals surface area contributed by atoms with E-state index in [1.54, 1.807) is 17.5 Å². The number of nitrogens with zero attached hydrogens (tertiary/aromatic N) is 2. The Kier molecular flexibility index (Phi) is 4.71. The molecule has 96 valence electrons. The first-order chi connectivity index (χ1) is 8.69. The molecule has 2 rings (SSSR count). The van der Waals surface area contributed by atoms with Gasteiger partial charge in [0.2, 0.25) is 0 Å². The molecule has 0 bridgehead atoms. The molecule has 2 heterocycles. The van der Waals surface area contributed by atoms with Crippen LogP contribution >= 0.6 is 27.3 Å². The second kappa shape index (κ2) is 6.29. The Morgan fingerprint density at radius 1 is 1.50 bits per heavy atom. The van der Waals surface area contributed by atoms with Gasteiger partial charge in [-0.3, -0.25) is 4.90 Å². The first kappa shape index (κ1) is 13.5. The van der Waals surface area contributed by atoms with Crippen LogP contribution in [0.15, 0.2) is 33.6 Å². The first-order valence-electron chi connectivity index (χ1n) is 5.51. The van der Waals surface area contributed by atoms with Crippen molar-refractivity contribution in [2.45, 2.75) is 13.1 Å². The standard InChI is InChI=1S/C12H15BrN4S/c1-17(6-9-5-11(13)18-8-9)7-10-3-2-4-15-12(10)16-14/h2-5,8H,6-7,14H2,1H3,(H,15,16). The maximum Gasteiger partial charge on any atom is 0.144 e. The minimum atomic E-state index is 0.732.